The molecule has 1 N–H and O–H groups in total. The molecule has 0 aliphatic carbocycles. The van der Waals surface area contributed by atoms with Crippen LogP contribution in [0.5, 0.6) is 0 Å². The largest absolute Gasteiger partial charge is 0.311 e. The summed E-state index contributed by atoms with van der Waals surface area (Å²) in [5.41, 5.74) is 2.14. The number of nitrogens with zero attached hydrogens (tertiary/aromatic N) is 3. The maximum Gasteiger partial charge on any atom is 0.142 e. The van der Waals surface area contributed by atoms with E-state index in [-0.39, 0.29) is 0 Å². The minimum atomic E-state index is 0.693. The Balaban J connectivity index is 1.42. The molecular formula is C17H22N4S. The third-order valence-electron chi connectivity index (χ3n) is 4.92. The molecule has 2 bridgehead atoms. The van der Waals surface area contributed by atoms with Gasteiger partial charge in [0.05, 0.1) is 11.4 Å². The van der Waals surface area contributed by atoms with Crippen molar-refractivity contribution >= 4 is 11.3 Å². The second-order valence-corrected chi connectivity index (χ2v) is 7.40. The molecule has 4 nitrogen and oxygen atoms in total. The predicted molar refractivity (Wildman–Crippen MR) is 89.8 cm³/mol. The summed E-state index contributed by atoms with van der Waals surface area (Å²) in [4.78, 5) is 11.6. The Morgan fingerprint density at radius 2 is 2.09 bits per heavy atom. The highest BCUT2D eigenvalue weighted by Crippen LogP contribution is 2.30. The predicted octanol–water partition coefficient (Wildman–Crippen LogP) is 2.92. The fourth-order valence-electron chi connectivity index (χ4n) is 3.76. The summed E-state index contributed by atoms with van der Waals surface area (Å²) in [7, 11) is 2.25. The minimum absolute atomic E-state index is 0.693. The summed E-state index contributed by atoms with van der Waals surface area (Å²) in [6.45, 7) is 0.938. The second-order valence-electron chi connectivity index (χ2n) is 6.54. The van der Waals surface area contributed by atoms with Crippen molar-refractivity contribution in [1.29, 1.82) is 0 Å². The third-order valence-corrected chi connectivity index (χ3v) is 5.83. The number of fused-ring (bicyclic) bond motifs is 2. The van der Waals surface area contributed by atoms with Crippen LogP contribution >= 0.6 is 11.3 Å². The highest BCUT2D eigenvalue weighted by molar-refractivity contribution is 7.13. The van der Waals surface area contributed by atoms with E-state index >= 15 is 0 Å². The molecule has 22 heavy (non-hydrogen) atoms. The Bertz CT molecular complexity index is 615. The summed E-state index contributed by atoms with van der Waals surface area (Å²) < 4.78 is 0. The maximum absolute atomic E-state index is 4.77. The van der Waals surface area contributed by atoms with Crippen LogP contribution in [0.25, 0.3) is 10.7 Å². The average Bonchev–Trinajstić information content (AvgIpc) is 3.14. The van der Waals surface area contributed by atoms with E-state index in [1.807, 2.05) is 24.4 Å². The van der Waals surface area contributed by atoms with Crippen molar-refractivity contribution in [2.45, 2.75) is 50.4 Å². The van der Waals surface area contributed by atoms with Gasteiger partial charge in [0.15, 0.2) is 0 Å². The number of aromatic nitrogens is 2. The van der Waals surface area contributed by atoms with Gasteiger partial charge in [-0.25, -0.2) is 4.98 Å². The number of pyridine rings is 1. The Morgan fingerprint density at radius 1 is 1.27 bits per heavy atom. The fraction of sp³-hybridized carbons (Fsp3) is 0.529. The van der Waals surface area contributed by atoms with Crippen LogP contribution in [0.1, 0.15) is 31.4 Å². The van der Waals surface area contributed by atoms with Gasteiger partial charge in [-0.3, -0.25) is 9.88 Å². The van der Waals surface area contributed by atoms with E-state index in [0.717, 1.165) is 29.3 Å². The van der Waals surface area contributed by atoms with Crippen molar-refractivity contribution in [1.82, 2.24) is 20.2 Å². The summed E-state index contributed by atoms with van der Waals surface area (Å²) in [5, 5.41) is 6.92. The molecule has 4 heterocycles. The summed E-state index contributed by atoms with van der Waals surface area (Å²) in [6, 6.07) is 8.16. The maximum atomic E-state index is 4.77. The van der Waals surface area contributed by atoms with Gasteiger partial charge in [0.25, 0.3) is 0 Å². The molecule has 4 rings (SSSR count). The summed E-state index contributed by atoms with van der Waals surface area (Å²) in [5.74, 6) is 0. The molecule has 5 heteroatoms. The number of hydrogen-bond donors (Lipinski definition) is 1. The van der Waals surface area contributed by atoms with Gasteiger partial charge in [-0.2, -0.15) is 0 Å². The number of piperidine rings is 1. The standard InChI is InChI=1S/C17H22N4S/c1-21(15-8-12-5-6-13(9-15)19-12)10-14-11-22-17(20-14)16-4-2-3-7-18-16/h2-4,7,11-13,15,19H,5-6,8-10H2,1H3. The second kappa shape index (κ2) is 6.07. The van der Waals surface area contributed by atoms with Gasteiger partial charge in [0, 0.05) is 36.2 Å². The van der Waals surface area contributed by atoms with Crippen molar-refractivity contribution < 1.29 is 0 Å². The first-order valence-electron chi connectivity index (χ1n) is 8.10. The van der Waals surface area contributed by atoms with Crippen LogP contribution in [0.4, 0.5) is 0 Å². The first-order valence-corrected chi connectivity index (χ1v) is 8.98. The zero-order valence-corrected chi connectivity index (χ0v) is 13.7. The van der Waals surface area contributed by atoms with Gasteiger partial charge in [-0.1, -0.05) is 6.07 Å². The molecule has 2 unspecified atom stereocenters. The Kier molecular flexibility index (Phi) is 3.94. The van der Waals surface area contributed by atoms with E-state index in [0.29, 0.717) is 6.04 Å². The van der Waals surface area contributed by atoms with Gasteiger partial charge in [-0.05, 0) is 44.9 Å². The van der Waals surface area contributed by atoms with E-state index < -0.39 is 0 Å². The van der Waals surface area contributed by atoms with Crippen LogP contribution in [-0.4, -0.2) is 40.0 Å². The lowest BCUT2D eigenvalue weighted by Gasteiger charge is -2.35. The molecule has 2 atom stereocenters. The molecule has 0 spiro atoms. The lowest BCUT2D eigenvalue weighted by atomic mass is 9.98. The molecule has 2 aromatic rings. The molecule has 2 aromatic heterocycles. The van der Waals surface area contributed by atoms with Crippen molar-refractivity contribution in [3.05, 3.63) is 35.5 Å². The quantitative estimate of drug-likeness (QED) is 0.942. The molecule has 0 radical (unpaired) electrons. The summed E-state index contributed by atoms with van der Waals surface area (Å²) in [6.07, 6.45) is 7.10. The zero-order chi connectivity index (χ0) is 14.9. The van der Waals surface area contributed by atoms with Crippen molar-refractivity contribution in [3.63, 3.8) is 0 Å². The topological polar surface area (TPSA) is 41.1 Å². The zero-order valence-electron chi connectivity index (χ0n) is 12.9. The monoisotopic (exact) mass is 314 g/mol. The van der Waals surface area contributed by atoms with Crippen LogP contribution in [0.3, 0.4) is 0 Å². The van der Waals surface area contributed by atoms with Crippen molar-refractivity contribution in [3.8, 4) is 10.7 Å². The van der Waals surface area contributed by atoms with Crippen LogP contribution < -0.4 is 5.32 Å². The van der Waals surface area contributed by atoms with Gasteiger partial charge in [0.2, 0.25) is 0 Å². The molecule has 2 saturated heterocycles. The molecule has 0 saturated carbocycles. The Morgan fingerprint density at radius 3 is 2.82 bits per heavy atom. The molecule has 2 aliphatic rings. The van der Waals surface area contributed by atoms with Gasteiger partial charge < -0.3 is 5.32 Å². The van der Waals surface area contributed by atoms with E-state index in [1.54, 1.807) is 11.3 Å². The third kappa shape index (κ3) is 2.93. The molecule has 0 amide bonds. The van der Waals surface area contributed by atoms with E-state index in [1.165, 1.54) is 31.4 Å². The highest BCUT2D eigenvalue weighted by Gasteiger charge is 2.35. The normalized spacial score (nSPS) is 27.5. The molecule has 2 fully saturated rings. The summed E-state index contributed by atoms with van der Waals surface area (Å²) >= 11 is 1.69. The van der Waals surface area contributed by atoms with Crippen molar-refractivity contribution in [2.24, 2.45) is 0 Å². The van der Waals surface area contributed by atoms with Crippen LogP contribution in [0, 0.1) is 0 Å². The number of hydrogen-bond acceptors (Lipinski definition) is 5. The Hall–Kier alpha value is -1.30. The van der Waals surface area contributed by atoms with Crippen LogP contribution in [0.2, 0.25) is 0 Å². The lowest BCUT2D eigenvalue weighted by Crippen LogP contribution is -2.46. The van der Waals surface area contributed by atoms with E-state index in [2.05, 4.69) is 27.6 Å². The molecule has 0 aromatic carbocycles. The first-order chi connectivity index (χ1) is 10.8. The molecule has 116 valence electrons. The SMILES string of the molecule is CN(Cc1csc(-c2ccccn2)n1)C1CC2CCC(C1)N2. The smallest absolute Gasteiger partial charge is 0.142 e. The minimum Gasteiger partial charge on any atom is -0.311 e. The average molecular weight is 314 g/mol. The van der Waals surface area contributed by atoms with Gasteiger partial charge in [-0.15, -0.1) is 11.3 Å². The number of rotatable bonds is 4. The first kappa shape index (κ1) is 14.3. The van der Waals surface area contributed by atoms with Crippen LogP contribution in [0.15, 0.2) is 29.8 Å². The van der Waals surface area contributed by atoms with Crippen LogP contribution in [-0.2, 0) is 6.54 Å². The molecule has 2 aliphatic heterocycles. The van der Waals surface area contributed by atoms with E-state index in [9.17, 15) is 0 Å². The van der Waals surface area contributed by atoms with E-state index in [4.69, 9.17) is 4.98 Å². The molecular weight excluding hydrogens is 292 g/mol. The van der Waals surface area contributed by atoms with Gasteiger partial charge >= 0.3 is 0 Å². The van der Waals surface area contributed by atoms with Gasteiger partial charge in [0.1, 0.15) is 5.01 Å². The van der Waals surface area contributed by atoms with Crippen molar-refractivity contribution in [2.75, 3.05) is 7.05 Å². The fourth-order valence-corrected chi connectivity index (χ4v) is 4.54. The Labute approximate surface area is 135 Å². The lowest BCUT2D eigenvalue weighted by molar-refractivity contribution is 0.164. The number of thiazole rings is 1. The number of nitrogens with one attached hydrogen (secondary N) is 1. The highest BCUT2D eigenvalue weighted by atomic mass is 32.1.